The highest BCUT2D eigenvalue weighted by Gasteiger charge is 2.26. The van der Waals surface area contributed by atoms with Crippen molar-refractivity contribution in [2.75, 3.05) is 19.0 Å². The predicted octanol–water partition coefficient (Wildman–Crippen LogP) is 1.18. The second-order valence-electron chi connectivity index (χ2n) is 4.63. The summed E-state index contributed by atoms with van der Waals surface area (Å²) >= 11 is 5.44. The summed E-state index contributed by atoms with van der Waals surface area (Å²) in [5.74, 6) is -1.55. The van der Waals surface area contributed by atoms with Crippen molar-refractivity contribution in [3.05, 3.63) is 29.8 Å². The minimum atomic E-state index is -0.774. The van der Waals surface area contributed by atoms with Crippen LogP contribution in [0, 0.1) is 5.95 Å². The highest BCUT2D eigenvalue weighted by atomic mass is 35.5. The number of nitrogens with one attached hydrogen (secondary N) is 1. The normalized spacial score (nSPS) is 18.7. The zero-order chi connectivity index (χ0) is 14.5. The molecule has 0 saturated carbocycles. The molecule has 1 saturated heterocycles. The Bertz CT molecular complexity index is 512. The molecular formula is C13H15ClFN3O2. The molecule has 0 aliphatic carbocycles. The van der Waals surface area contributed by atoms with Crippen LogP contribution in [0.25, 0.3) is 0 Å². The van der Waals surface area contributed by atoms with E-state index in [0.29, 0.717) is 13.1 Å². The Hall–Kier alpha value is -1.69. The van der Waals surface area contributed by atoms with Crippen molar-refractivity contribution in [2.45, 2.75) is 18.9 Å². The van der Waals surface area contributed by atoms with Gasteiger partial charge < -0.3 is 10.2 Å². The van der Waals surface area contributed by atoms with E-state index in [4.69, 9.17) is 11.6 Å². The third kappa shape index (κ3) is 3.45. The highest BCUT2D eigenvalue weighted by molar-refractivity contribution is 6.27. The molecule has 1 aromatic heterocycles. The number of aromatic nitrogens is 1. The maximum absolute atomic E-state index is 13.5. The van der Waals surface area contributed by atoms with Crippen molar-refractivity contribution >= 4 is 23.4 Å². The number of alkyl halides is 1. The fourth-order valence-electron chi connectivity index (χ4n) is 2.26. The Morgan fingerprint density at radius 2 is 2.35 bits per heavy atom. The second kappa shape index (κ2) is 6.65. The molecule has 1 N–H and O–H groups in total. The number of nitrogens with zero attached hydrogens (tertiary/aromatic N) is 2. The highest BCUT2D eigenvalue weighted by Crippen LogP contribution is 2.15. The number of hydrogen-bond acceptors (Lipinski definition) is 3. The van der Waals surface area contributed by atoms with E-state index in [1.54, 1.807) is 0 Å². The zero-order valence-corrected chi connectivity index (χ0v) is 11.6. The Morgan fingerprint density at radius 1 is 1.55 bits per heavy atom. The van der Waals surface area contributed by atoms with E-state index in [9.17, 15) is 14.0 Å². The summed E-state index contributed by atoms with van der Waals surface area (Å²) in [4.78, 5) is 28.5. The molecule has 0 spiro atoms. The number of halogens is 2. The second-order valence-corrected chi connectivity index (χ2v) is 4.90. The molecule has 1 aromatic rings. The van der Waals surface area contributed by atoms with Crippen molar-refractivity contribution in [1.29, 1.82) is 0 Å². The van der Waals surface area contributed by atoms with Gasteiger partial charge in [0.25, 0.3) is 5.91 Å². The summed E-state index contributed by atoms with van der Waals surface area (Å²) in [5.41, 5.74) is -0.0446. The monoisotopic (exact) mass is 299 g/mol. The van der Waals surface area contributed by atoms with Crippen LogP contribution in [0.3, 0.4) is 0 Å². The third-order valence-electron chi connectivity index (χ3n) is 3.18. The molecule has 0 unspecified atom stereocenters. The first-order valence-electron chi connectivity index (χ1n) is 6.37. The van der Waals surface area contributed by atoms with E-state index >= 15 is 0 Å². The molecule has 0 bridgehead atoms. The standard InChI is InChI=1S/C13H15ClFN3O2/c14-7-11(19)17-9-3-2-6-18(8-9)13(20)10-4-1-5-16-12(10)15/h1,4-5,9H,2-3,6-8H2,(H,17,19)/t9-/m1/s1. The van der Waals surface area contributed by atoms with Gasteiger partial charge in [0.15, 0.2) is 0 Å². The number of carbonyl (C=O) groups excluding carboxylic acids is 2. The molecule has 1 fully saturated rings. The van der Waals surface area contributed by atoms with Crippen molar-refractivity contribution in [2.24, 2.45) is 0 Å². The van der Waals surface area contributed by atoms with E-state index in [2.05, 4.69) is 10.3 Å². The largest absolute Gasteiger partial charge is 0.351 e. The SMILES string of the molecule is O=C(CCl)N[C@@H]1CCCN(C(=O)c2cccnc2F)C1. The molecule has 5 nitrogen and oxygen atoms in total. The van der Waals surface area contributed by atoms with Gasteiger partial charge in [0.2, 0.25) is 11.9 Å². The maximum atomic E-state index is 13.5. The van der Waals surface area contributed by atoms with Crippen molar-refractivity contribution in [1.82, 2.24) is 15.2 Å². The van der Waals surface area contributed by atoms with Crippen molar-refractivity contribution in [3.63, 3.8) is 0 Å². The molecule has 1 aliphatic rings. The van der Waals surface area contributed by atoms with E-state index in [1.807, 2.05) is 0 Å². The van der Waals surface area contributed by atoms with Gasteiger partial charge in [-0.25, -0.2) is 4.98 Å². The molecule has 1 atom stereocenters. The van der Waals surface area contributed by atoms with E-state index < -0.39 is 11.9 Å². The van der Waals surface area contributed by atoms with Crippen LogP contribution < -0.4 is 5.32 Å². The molecule has 0 aromatic carbocycles. The Labute approximate surface area is 121 Å². The Balaban J connectivity index is 2.03. The van der Waals surface area contributed by atoms with Gasteiger partial charge in [-0.3, -0.25) is 9.59 Å². The Morgan fingerprint density at radius 3 is 3.05 bits per heavy atom. The quantitative estimate of drug-likeness (QED) is 0.673. The first-order chi connectivity index (χ1) is 9.61. The molecule has 0 radical (unpaired) electrons. The summed E-state index contributed by atoms with van der Waals surface area (Å²) < 4.78 is 13.5. The number of piperidine rings is 1. The minimum absolute atomic E-state index is 0.0446. The first-order valence-corrected chi connectivity index (χ1v) is 6.90. The summed E-state index contributed by atoms with van der Waals surface area (Å²) in [6.07, 6.45) is 2.83. The molecule has 7 heteroatoms. The predicted molar refractivity (Wildman–Crippen MR) is 72.0 cm³/mol. The molecule has 20 heavy (non-hydrogen) atoms. The average molecular weight is 300 g/mol. The van der Waals surface area contributed by atoms with Gasteiger partial charge in [0.05, 0.1) is 5.56 Å². The molecule has 108 valence electrons. The van der Waals surface area contributed by atoms with Crippen LogP contribution in [0.2, 0.25) is 0 Å². The molecule has 2 rings (SSSR count). The van der Waals surface area contributed by atoms with Gasteiger partial charge in [-0.2, -0.15) is 4.39 Å². The minimum Gasteiger partial charge on any atom is -0.351 e. The number of hydrogen-bond donors (Lipinski definition) is 1. The molecular weight excluding hydrogens is 285 g/mol. The Kier molecular flexibility index (Phi) is 4.89. The van der Waals surface area contributed by atoms with Crippen LogP contribution in [-0.2, 0) is 4.79 Å². The number of likely N-dealkylation sites (tertiary alicyclic amines) is 1. The number of pyridine rings is 1. The van der Waals surface area contributed by atoms with Gasteiger partial charge >= 0.3 is 0 Å². The van der Waals surface area contributed by atoms with E-state index in [1.165, 1.54) is 23.2 Å². The maximum Gasteiger partial charge on any atom is 0.258 e. The van der Waals surface area contributed by atoms with Crippen molar-refractivity contribution in [3.8, 4) is 0 Å². The van der Waals surface area contributed by atoms with E-state index in [0.717, 1.165) is 12.8 Å². The number of rotatable bonds is 3. The summed E-state index contributed by atoms with van der Waals surface area (Å²) in [5, 5.41) is 2.75. The van der Waals surface area contributed by atoms with Gasteiger partial charge in [-0.1, -0.05) is 0 Å². The lowest BCUT2D eigenvalue weighted by atomic mass is 10.0. The number of amides is 2. The lowest BCUT2D eigenvalue weighted by molar-refractivity contribution is -0.119. The molecule has 1 aliphatic heterocycles. The lowest BCUT2D eigenvalue weighted by Crippen LogP contribution is -2.50. The average Bonchev–Trinajstić information content (AvgIpc) is 2.47. The van der Waals surface area contributed by atoms with Gasteiger partial charge in [-0.15, -0.1) is 11.6 Å². The van der Waals surface area contributed by atoms with Gasteiger partial charge in [0.1, 0.15) is 5.88 Å². The number of carbonyl (C=O) groups is 2. The fraction of sp³-hybridized carbons (Fsp3) is 0.462. The van der Waals surface area contributed by atoms with Crippen LogP contribution >= 0.6 is 11.6 Å². The van der Waals surface area contributed by atoms with Crippen LogP contribution in [0.4, 0.5) is 4.39 Å². The third-order valence-corrected chi connectivity index (χ3v) is 3.43. The van der Waals surface area contributed by atoms with Crippen molar-refractivity contribution < 1.29 is 14.0 Å². The summed E-state index contributed by atoms with van der Waals surface area (Å²) in [6.45, 7) is 0.899. The lowest BCUT2D eigenvalue weighted by Gasteiger charge is -2.33. The smallest absolute Gasteiger partial charge is 0.258 e. The van der Waals surface area contributed by atoms with Crippen LogP contribution in [-0.4, -0.2) is 46.7 Å². The molecule has 2 heterocycles. The van der Waals surface area contributed by atoms with Crippen LogP contribution in [0.5, 0.6) is 0 Å². The van der Waals surface area contributed by atoms with E-state index in [-0.39, 0.29) is 23.4 Å². The van der Waals surface area contributed by atoms with Gasteiger partial charge in [0, 0.05) is 25.3 Å². The topological polar surface area (TPSA) is 62.3 Å². The summed E-state index contributed by atoms with van der Waals surface area (Å²) in [7, 11) is 0. The first kappa shape index (κ1) is 14.7. The van der Waals surface area contributed by atoms with Crippen LogP contribution in [0.1, 0.15) is 23.2 Å². The fourth-order valence-corrected chi connectivity index (χ4v) is 2.34. The zero-order valence-electron chi connectivity index (χ0n) is 10.8. The van der Waals surface area contributed by atoms with Gasteiger partial charge in [-0.05, 0) is 25.0 Å². The molecule has 2 amide bonds. The summed E-state index contributed by atoms with van der Waals surface area (Å²) in [6, 6.07) is 2.79. The van der Waals surface area contributed by atoms with Crippen LogP contribution in [0.15, 0.2) is 18.3 Å².